The van der Waals surface area contributed by atoms with Gasteiger partial charge in [0.15, 0.2) is 17.0 Å². The second-order valence-corrected chi connectivity index (χ2v) is 9.47. The van der Waals surface area contributed by atoms with Crippen molar-refractivity contribution in [3.8, 4) is 0 Å². The molecule has 9 nitrogen and oxygen atoms in total. The van der Waals surface area contributed by atoms with Crippen molar-refractivity contribution < 1.29 is 4.74 Å². The molecule has 0 spiro atoms. The standard InChI is InChI=1S/C27H34N8O/c1-19(2)7-6-8-20(3)11-12-35-18-29-24-25(28-17-23-30-21-9-4-5-10-22(21)31-23)32-27(33-26(24)35)34-13-15-36-16-14-34/h4-5,7,9-11,18H,6,8,12-17H2,1-3H3,(H,30,31)(H,28,32,33)/b20-11+. The Balaban J connectivity index is 1.41. The van der Waals surface area contributed by atoms with Crippen LogP contribution >= 0.6 is 0 Å². The quantitative estimate of drug-likeness (QED) is 0.327. The zero-order valence-electron chi connectivity index (χ0n) is 21.3. The van der Waals surface area contributed by atoms with E-state index in [-0.39, 0.29) is 0 Å². The Labute approximate surface area is 211 Å². The average Bonchev–Trinajstić information content (AvgIpc) is 3.50. The molecule has 0 unspecified atom stereocenters. The van der Waals surface area contributed by atoms with Gasteiger partial charge in [0.05, 0.1) is 37.1 Å². The molecule has 3 aromatic heterocycles. The van der Waals surface area contributed by atoms with Crippen LogP contribution in [0.25, 0.3) is 22.2 Å². The number of anilines is 2. The number of fused-ring (bicyclic) bond motifs is 2. The second-order valence-electron chi connectivity index (χ2n) is 9.47. The molecule has 1 fully saturated rings. The Bertz CT molecular complexity index is 1360. The van der Waals surface area contributed by atoms with Crippen molar-refractivity contribution in [2.75, 3.05) is 36.5 Å². The van der Waals surface area contributed by atoms with E-state index in [1.807, 2.05) is 30.6 Å². The highest BCUT2D eigenvalue weighted by molar-refractivity contribution is 5.84. The molecule has 1 saturated heterocycles. The van der Waals surface area contributed by atoms with Gasteiger partial charge in [0.25, 0.3) is 0 Å². The molecule has 0 radical (unpaired) electrons. The minimum Gasteiger partial charge on any atom is -0.378 e. The maximum atomic E-state index is 5.54. The molecule has 36 heavy (non-hydrogen) atoms. The molecule has 0 saturated carbocycles. The lowest BCUT2D eigenvalue weighted by molar-refractivity contribution is 0.122. The van der Waals surface area contributed by atoms with Crippen LogP contribution < -0.4 is 10.2 Å². The third kappa shape index (κ3) is 5.57. The van der Waals surface area contributed by atoms with Crippen LogP contribution in [0.3, 0.4) is 0 Å². The van der Waals surface area contributed by atoms with Gasteiger partial charge in [-0.05, 0) is 45.7 Å². The molecule has 5 rings (SSSR count). The van der Waals surface area contributed by atoms with Crippen molar-refractivity contribution in [3.05, 3.63) is 59.7 Å². The van der Waals surface area contributed by atoms with Gasteiger partial charge in [-0.3, -0.25) is 0 Å². The number of para-hydroxylation sites is 2. The summed E-state index contributed by atoms with van der Waals surface area (Å²) < 4.78 is 7.63. The number of hydrogen-bond acceptors (Lipinski definition) is 7. The van der Waals surface area contributed by atoms with Crippen LogP contribution in [-0.4, -0.2) is 55.8 Å². The molecule has 0 bridgehead atoms. The van der Waals surface area contributed by atoms with E-state index in [0.29, 0.717) is 31.5 Å². The number of aromatic amines is 1. The van der Waals surface area contributed by atoms with Gasteiger partial charge in [-0.2, -0.15) is 9.97 Å². The number of morpholine rings is 1. The second kappa shape index (κ2) is 10.9. The molecule has 4 aromatic rings. The first-order chi connectivity index (χ1) is 17.6. The average molecular weight is 487 g/mol. The molecule has 0 atom stereocenters. The summed E-state index contributed by atoms with van der Waals surface area (Å²) in [5.41, 5.74) is 6.28. The van der Waals surface area contributed by atoms with Crippen LogP contribution in [0.4, 0.5) is 11.8 Å². The van der Waals surface area contributed by atoms with Crippen LogP contribution in [0.2, 0.25) is 0 Å². The number of imidazole rings is 2. The van der Waals surface area contributed by atoms with E-state index >= 15 is 0 Å². The van der Waals surface area contributed by atoms with Crippen molar-refractivity contribution in [2.24, 2.45) is 0 Å². The van der Waals surface area contributed by atoms with Gasteiger partial charge in [0.1, 0.15) is 5.82 Å². The lowest BCUT2D eigenvalue weighted by Crippen LogP contribution is -2.37. The van der Waals surface area contributed by atoms with Crippen LogP contribution in [0.5, 0.6) is 0 Å². The maximum absolute atomic E-state index is 5.54. The molecule has 4 heterocycles. The molecule has 188 valence electrons. The van der Waals surface area contributed by atoms with E-state index in [4.69, 9.17) is 14.7 Å². The van der Waals surface area contributed by atoms with Crippen molar-refractivity contribution in [3.63, 3.8) is 0 Å². The zero-order valence-corrected chi connectivity index (χ0v) is 21.3. The number of aromatic nitrogens is 6. The number of rotatable bonds is 9. The number of allylic oxidation sites excluding steroid dienone is 4. The Kier molecular flexibility index (Phi) is 7.27. The van der Waals surface area contributed by atoms with Gasteiger partial charge in [0, 0.05) is 19.6 Å². The third-order valence-corrected chi connectivity index (χ3v) is 6.34. The lowest BCUT2D eigenvalue weighted by Gasteiger charge is -2.27. The molecule has 1 aromatic carbocycles. The van der Waals surface area contributed by atoms with E-state index in [1.54, 1.807) is 0 Å². The molecule has 1 aliphatic heterocycles. The summed E-state index contributed by atoms with van der Waals surface area (Å²) in [6, 6.07) is 8.03. The first-order valence-electron chi connectivity index (χ1n) is 12.6. The van der Waals surface area contributed by atoms with E-state index in [1.165, 1.54) is 11.1 Å². The first kappa shape index (κ1) is 24.0. The number of H-pyrrole nitrogens is 1. The number of nitrogens with zero attached hydrogens (tertiary/aromatic N) is 6. The molecule has 1 aliphatic rings. The van der Waals surface area contributed by atoms with Crippen molar-refractivity contribution in [1.29, 1.82) is 0 Å². The van der Waals surface area contributed by atoms with Crippen molar-refractivity contribution in [1.82, 2.24) is 29.5 Å². The lowest BCUT2D eigenvalue weighted by atomic mass is 10.1. The van der Waals surface area contributed by atoms with Gasteiger partial charge in [-0.15, -0.1) is 0 Å². The summed E-state index contributed by atoms with van der Waals surface area (Å²) in [5, 5.41) is 3.46. The number of nitrogens with one attached hydrogen (secondary N) is 2. The van der Waals surface area contributed by atoms with Gasteiger partial charge < -0.3 is 24.5 Å². The minimum absolute atomic E-state index is 0.513. The minimum atomic E-state index is 0.513. The molecule has 0 aliphatic carbocycles. The highest BCUT2D eigenvalue weighted by Gasteiger charge is 2.19. The normalized spacial score (nSPS) is 14.5. The predicted octanol–water partition coefficient (Wildman–Crippen LogP) is 4.84. The SMILES string of the molecule is CC(C)=CCC/C(C)=C/Cn1cnc2c(NCc3nc4ccccc4[nH]3)nc(N3CCOCC3)nc21. The Hall–Kier alpha value is -3.72. The van der Waals surface area contributed by atoms with Gasteiger partial charge in [-0.25, -0.2) is 9.97 Å². The van der Waals surface area contributed by atoms with Crippen LogP contribution in [0.1, 0.15) is 39.4 Å². The smallest absolute Gasteiger partial charge is 0.229 e. The third-order valence-electron chi connectivity index (χ3n) is 6.34. The fourth-order valence-electron chi connectivity index (χ4n) is 4.30. The van der Waals surface area contributed by atoms with Crippen LogP contribution in [0.15, 0.2) is 53.9 Å². The summed E-state index contributed by atoms with van der Waals surface area (Å²) in [5.74, 6) is 2.26. The molecular formula is C27H34N8O. The van der Waals surface area contributed by atoms with Gasteiger partial charge >= 0.3 is 0 Å². The van der Waals surface area contributed by atoms with E-state index in [0.717, 1.165) is 60.5 Å². The fraction of sp³-hybridized carbons (Fsp3) is 0.407. The van der Waals surface area contributed by atoms with Gasteiger partial charge in [-0.1, -0.05) is 35.4 Å². The molecule has 0 amide bonds. The zero-order chi connectivity index (χ0) is 24.9. The predicted molar refractivity (Wildman–Crippen MR) is 144 cm³/mol. The van der Waals surface area contributed by atoms with Crippen molar-refractivity contribution >= 4 is 34.0 Å². The summed E-state index contributed by atoms with van der Waals surface area (Å²) in [7, 11) is 0. The topological polar surface area (TPSA) is 96.8 Å². The Morgan fingerprint density at radius 1 is 1.08 bits per heavy atom. The molecular weight excluding hydrogens is 452 g/mol. The number of ether oxygens (including phenoxy) is 1. The highest BCUT2D eigenvalue weighted by atomic mass is 16.5. The van der Waals surface area contributed by atoms with E-state index in [9.17, 15) is 0 Å². The fourth-order valence-corrected chi connectivity index (χ4v) is 4.30. The Morgan fingerprint density at radius 3 is 2.72 bits per heavy atom. The van der Waals surface area contributed by atoms with Crippen molar-refractivity contribution in [2.45, 2.75) is 46.7 Å². The summed E-state index contributed by atoms with van der Waals surface area (Å²) in [4.78, 5) is 24.7. The van der Waals surface area contributed by atoms with Gasteiger partial charge in [0.2, 0.25) is 5.95 Å². The summed E-state index contributed by atoms with van der Waals surface area (Å²) >= 11 is 0. The van der Waals surface area contributed by atoms with E-state index in [2.05, 4.69) is 62.7 Å². The summed E-state index contributed by atoms with van der Waals surface area (Å²) in [6.07, 6.45) is 8.52. The maximum Gasteiger partial charge on any atom is 0.229 e. The van der Waals surface area contributed by atoms with E-state index < -0.39 is 0 Å². The number of hydrogen-bond donors (Lipinski definition) is 2. The highest BCUT2D eigenvalue weighted by Crippen LogP contribution is 2.24. The monoisotopic (exact) mass is 486 g/mol. The Morgan fingerprint density at radius 2 is 1.92 bits per heavy atom. The molecule has 9 heteroatoms. The first-order valence-corrected chi connectivity index (χ1v) is 12.6. The largest absolute Gasteiger partial charge is 0.378 e. The van der Waals surface area contributed by atoms with Crippen LogP contribution in [-0.2, 0) is 17.8 Å². The molecule has 2 N–H and O–H groups in total. The van der Waals surface area contributed by atoms with Crippen LogP contribution in [0, 0.1) is 0 Å². The number of benzene rings is 1. The summed E-state index contributed by atoms with van der Waals surface area (Å²) in [6.45, 7) is 10.6.